The molecule has 0 aromatic heterocycles. The molecule has 8 nitrogen and oxygen atoms in total. The number of hydrogen-bond acceptors (Lipinski definition) is 6. The molecule has 0 saturated heterocycles. The first-order chi connectivity index (χ1) is 13.2. The van der Waals surface area contributed by atoms with E-state index in [1.54, 1.807) is 37.3 Å². The molecule has 0 fully saturated rings. The van der Waals surface area contributed by atoms with Crippen LogP contribution in [0.2, 0.25) is 0 Å². The van der Waals surface area contributed by atoms with Gasteiger partial charge in [0, 0.05) is 12.6 Å². The molecule has 0 aliphatic heterocycles. The molecule has 0 bridgehead atoms. The third kappa shape index (κ3) is 5.80. The van der Waals surface area contributed by atoms with Crippen LogP contribution in [0, 0.1) is 0 Å². The third-order valence-corrected chi connectivity index (χ3v) is 5.21. The van der Waals surface area contributed by atoms with Crippen molar-refractivity contribution in [3.05, 3.63) is 54.1 Å². The molecule has 28 heavy (non-hydrogen) atoms. The molecule has 0 spiro atoms. The average molecular weight is 405 g/mol. The van der Waals surface area contributed by atoms with E-state index in [0.29, 0.717) is 5.56 Å². The fraction of sp³-hybridized carbons (Fsp3) is 0.263. The van der Waals surface area contributed by atoms with E-state index in [4.69, 9.17) is 4.74 Å². The van der Waals surface area contributed by atoms with Crippen LogP contribution in [0.15, 0.2) is 53.4 Å². The quantitative estimate of drug-likeness (QED) is 0.632. The topological polar surface area (TPSA) is 125 Å². The van der Waals surface area contributed by atoms with Gasteiger partial charge in [-0.25, -0.2) is 13.1 Å². The Bertz CT molecular complexity index is 944. The second-order valence-electron chi connectivity index (χ2n) is 5.96. The zero-order chi connectivity index (χ0) is 20.7. The summed E-state index contributed by atoms with van der Waals surface area (Å²) >= 11 is 0. The maximum absolute atomic E-state index is 12.9. The standard InChI is InChI=1S/C19H22N2O6S/c1-3-27-17-10-9-15(20-13(2)22)12-18(17)28(25,26)21-16(19(23)24)11-14-7-5-4-6-8-14/h4-10,12,16,21H,3,11H2,1-2H3,(H,20,22)(H,23,24)/p-1/t16-/m1/s1. The highest BCUT2D eigenvalue weighted by Gasteiger charge is 2.25. The van der Waals surface area contributed by atoms with Gasteiger partial charge < -0.3 is 20.0 Å². The number of carbonyl (C=O) groups is 2. The van der Waals surface area contributed by atoms with E-state index in [-0.39, 0.29) is 35.3 Å². The molecule has 2 rings (SSSR count). The van der Waals surface area contributed by atoms with Crippen LogP contribution >= 0.6 is 0 Å². The van der Waals surface area contributed by atoms with Gasteiger partial charge in [-0.1, -0.05) is 30.3 Å². The maximum atomic E-state index is 12.9. The summed E-state index contributed by atoms with van der Waals surface area (Å²) in [4.78, 5) is 22.5. The van der Waals surface area contributed by atoms with Crippen molar-refractivity contribution in [2.45, 2.75) is 31.2 Å². The molecule has 1 amide bonds. The molecule has 2 N–H and O–H groups in total. The molecule has 9 heteroatoms. The Morgan fingerprint density at radius 2 is 1.82 bits per heavy atom. The Labute approximate surface area is 163 Å². The number of ether oxygens (including phenoxy) is 1. The van der Waals surface area contributed by atoms with Gasteiger partial charge in [-0.15, -0.1) is 0 Å². The monoisotopic (exact) mass is 405 g/mol. The lowest BCUT2D eigenvalue weighted by atomic mass is 10.1. The number of aliphatic carboxylic acids is 1. The highest BCUT2D eigenvalue weighted by atomic mass is 32.2. The minimum absolute atomic E-state index is 0.0425. The smallest absolute Gasteiger partial charge is 0.244 e. The number of nitrogens with one attached hydrogen (secondary N) is 2. The summed E-state index contributed by atoms with van der Waals surface area (Å²) in [5.74, 6) is -1.89. The number of hydrogen-bond donors (Lipinski definition) is 2. The van der Waals surface area contributed by atoms with Gasteiger partial charge in [-0.3, -0.25) is 4.79 Å². The molecule has 0 aliphatic rings. The van der Waals surface area contributed by atoms with E-state index < -0.39 is 22.0 Å². The van der Waals surface area contributed by atoms with Gasteiger partial charge >= 0.3 is 0 Å². The molecule has 0 radical (unpaired) electrons. The van der Waals surface area contributed by atoms with Gasteiger partial charge in [0.05, 0.1) is 18.6 Å². The number of sulfonamides is 1. The first-order valence-electron chi connectivity index (χ1n) is 8.54. The highest BCUT2D eigenvalue weighted by molar-refractivity contribution is 7.89. The molecule has 0 saturated carbocycles. The van der Waals surface area contributed by atoms with Crippen LogP contribution in [-0.2, 0) is 26.0 Å². The van der Waals surface area contributed by atoms with Crippen LogP contribution in [-0.4, -0.2) is 32.9 Å². The lowest BCUT2D eigenvalue weighted by Crippen LogP contribution is -2.49. The van der Waals surface area contributed by atoms with E-state index in [9.17, 15) is 23.1 Å². The fourth-order valence-electron chi connectivity index (χ4n) is 2.55. The summed E-state index contributed by atoms with van der Waals surface area (Å²) in [5.41, 5.74) is 0.876. The molecule has 0 aliphatic carbocycles. The van der Waals surface area contributed by atoms with E-state index >= 15 is 0 Å². The van der Waals surface area contributed by atoms with Crippen LogP contribution < -0.4 is 19.9 Å². The summed E-state index contributed by atoms with van der Waals surface area (Å²) in [7, 11) is -4.28. The third-order valence-electron chi connectivity index (χ3n) is 3.72. The fourth-order valence-corrected chi connectivity index (χ4v) is 3.90. The second-order valence-corrected chi connectivity index (χ2v) is 7.64. The van der Waals surface area contributed by atoms with Gasteiger partial charge in [-0.05, 0) is 37.1 Å². The first-order valence-corrected chi connectivity index (χ1v) is 10.0. The Hall–Kier alpha value is -2.91. The van der Waals surface area contributed by atoms with Crippen molar-refractivity contribution in [3.63, 3.8) is 0 Å². The number of benzene rings is 2. The van der Waals surface area contributed by atoms with Crippen molar-refractivity contribution in [3.8, 4) is 5.75 Å². The van der Waals surface area contributed by atoms with Crippen LogP contribution in [0.3, 0.4) is 0 Å². The van der Waals surface area contributed by atoms with E-state index in [1.165, 1.54) is 25.1 Å². The second kappa shape index (κ2) is 9.34. The summed E-state index contributed by atoms with van der Waals surface area (Å²) in [5, 5.41) is 14.0. The Morgan fingerprint density at radius 1 is 1.14 bits per heavy atom. The summed E-state index contributed by atoms with van der Waals surface area (Å²) in [6, 6.07) is 11.2. The molecule has 1 atom stereocenters. The SMILES string of the molecule is CCOc1ccc(NC(C)=O)cc1S(=O)(=O)N[C@H](Cc1ccccc1)C(=O)[O-]. The van der Waals surface area contributed by atoms with Crippen molar-refractivity contribution in [1.82, 2.24) is 4.72 Å². The van der Waals surface area contributed by atoms with Crippen molar-refractivity contribution in [1.29, 1.82) is 0 Å². The number of rotatable bonds is 9. The summed E-state index contributed by atoms with van der Waals surface area (Å²) in [6.45, 7) is 3.18. The first kappa shape index (κ1) is 21.4. The molecule has 2 aromatic carbocycles. The van der Waals surface area contributed by atoms with Gasteiger partial charge in [0.1, 0.15) is 10.6 Å². The molecule has 2 aromatic rings. The summed E-state index contributed by atoms with van der Waals surface area (Å²) < 4.78 is 33.3. The van der Waals surface area contributed by atoms with Gasteiger partial charge in [0.15, 0.2) is 0 Å². The van der Waals surface area contributed by atoms with Crippen molar-refractivity contribution in [2.75, 3.05) is 11.9 Å². The Morgan fingerprint density at radius 3 is 2.39 bits per heavy atom. The Kier molecular flexibility index (Phi) is 7.13. The zero-order valence-corrected chi connectivity index (χ0v) is 16.3. The zero-order valence-electron chi connectivity index (χ0n) is 15.5. The van der Waals surface area contributed by atoms with Crippen LogP contribution in [0.1, 0.15) is 19.4 Å². The molecule has 0 heterocycles. The van der Waals surface area contributed by atoms with Crippen LogP contribution in [0.4, 0.5) is 5.69 Å². The molecular formula is C19H21N2O6S-. The van der Waals surface area contributed by atoms with Gasteiger partial charge in [0.25, 0.3) is 0 Å². The Balaban J connectivity index is 2.37. The predicted molar refractivity (Wildman–Crippen MR) is 101 cm³/mol. The van der Waals surface area contributed by atoms with Crippen LogP contribution in [0.25, 0.3) is 0 Å². The van der Waals surface area contributed by atoms with E-state index in [1.807, 2.05) is 0 Å². The number of carbonyl (C=O) groups excluding carboxylic acids is 2. The van der Waals surface area contributed by atoms with Crippen molar-refractivity contribution >= 4 is 27.6 Å². The van der Waals surface area contributed by atoms with E-state index in [0.717, 1.165) is 0 Å². The lowest BCUT2D eigenvalue weighted by molar-refractivity contribution is -0.307. The normalized spacial score (nSPS) is 12.2. The van der Waals surface area contributed by atoms with Crippen LogP contribution in [0.5, 0.6) is 5.75 Å². The van der Waals surface area contributed by atoms with E-state index in [2.05, 4.69) is 10.0 Å². The number of carboxylic acid groups (broad SMARTS) is 1. The maximum Gasteiger partial charge on any atom is 0.244 e. The minimum atomic E-state index is -4.28. The predicted octanol–water partition coefficient (Wildman–Crippen LogP) is 0.683. The van der Waals surface area contributed by atoms with Gasteiger partial charge in [0.2, 0.25) is 15.9 Å². The number of carboxylic acids is 1. The molecular weight excluding hydrogens is 384 g/mol. The lowest BCUT2D eigenvalue weighted by Gasteiger charge is -2.21. The van der Waals surface area contributed by atoms with Crippen molar-refractivity contribution < 1.29 is 27.9 Å². The number of anilines is 1. The minimum Gasteiger partial charge on any atom is -0.548 e. The largest absolute Gasteiger partial charge is 0.548 e. The van der Waals surface area contributed by atoms with Crippen molar-refractivity contribution in [2.24, 2.45) is 0 Å². The highest BCUT2D eigenvalue weighted by Crippen LogP contribution is 2.28. The number of amides is 1. The molecule has 150 valence electrons. The van der Waals surface area contributed by atoms with Gasteiger partial charge in [-0.2, -0.15) is 0 Å². The molecule has 0 unspecified atom stereocenters. The summed E-state index contributed by atoms with van der Waals surface area (Å²) in [6.07, 6.45) is -0.0856. The average Bonchev–Trinajstić information content (AvgIpc) is 2.62.